The molecule has 2 fully saturated rings. The number of ether oxygens (including phenoxy) is 1. The molecule has 5 heteroatoms. The molecule has 144 valence electrons. The van der Waals surface area contributed by atoms with E-state index in [1.807, 2.05) is 30.3 Å². The van der Waals surface area contributed by atoms with Gasteiger partial charge in [0.05, 0.1) is 6.54 Å². The van der Waals surface area contributed by atoms with Crippen LogP contribution in [0.15, 0.2) is 60.8 Å². The Labute approximate surface area is 164 Å². The summed E-state index contributed by atoms with van der Waals surface area (Å²) >= 11 is 0. The van der Waals surface area contributed by atoms with E-state index in [0.717, 1.165) is 44.6 Å². The first-order valence-corrected chi connectivity index (χ1v) is 10.1. The molecule has 3 heterocycles. The van der Waals surface area contributed by atoms with Gasteiger partial charge >= 0.3 is 6.09 Å². The van der Waals surface area contributed by atoms with Crippen molar-refractivity contribution >= 4 is 22.7 Å². The van der Waals surface area contributed by atoms with Crippen molar-refractivity contribution in [2.24, 2.45) is 0 Å². The molecule has 1 amide bonds. The Kier molecular flexibility index (Phi) is 4.32. The number of rotatable bonds is 4. The lowest BCUT2D eigenvalue weighted by Crippen LogP contribution is -2.47. The van der Waals surface area contributed by atoms with Crippen molar-refractivity contribution in [1.82, 2.24) is 9.88 Å². The molecule has 0 saturated carbocycles. The highest BCUT2D eigenvalue weighted by atomic mass is 16.6. The molecular formula is C23H25N3O2. The Hall–Kier alpha value is -2.79. The van der Waals surface area contributed by atoms with Crippen LogP contribution in [0.25, 0.3) is 10.9 Å². The van der Waals surface area contributed by atoms with E-state index in [4.69, 9.17) is 4.74 Å². The maximum atomic E-state index is 12.4. The van der Waals surface area contributed by atoms with E-state index in [0.29, 0.717) is 6.54 Å². The molecule has 1 spiro atoms. The Morgan fingerprint density at radius 2 is 1.75 bits per heavy atom. The van der Waals surface area contributed by atoms with E-state index < -0.39 is 0 Å². The third-order valence-electron chi connectivity index (χ3n) is 6.18. The summed E-state index contributed by atoms with van der Waals surface area (Å²) in [6.07, 6.45) is 4.75. The van der Waals surface area contributed by atoms with E-state index in [1.54, 1.807) is 4.90 Å². The number of nitrogens with zero attached hydrogens (tertiary/aromatic N) is 2. The number of nitrogens with one attached hydrogen (secondary N) is 1. The number of fused-ring (bicyclic) bond motifs is 1. The normalized spacial score (nSPS) is 19.4. The van der Waals surface area contributed by atoms with E-state index in [-0.39, 0.29) is 11.7 Å². The van der Waals surface area contributed by atoms with Crippen LogP contribution >= 0.6 is 0 Å². The van der Waals surface area contributed by atoms with Crippen LogP contribution < -0.4 is 4.90 Å². The number of carbonyl (C=O) groups excluding carboxylic acids is 1. The van der Waals surface area contributed by atoms with Gasteiger partial charge in [-0.25, -0.2) is 4.79 Å². The molecular weight excluding hydrogens is 350 g/mol. The molecule has 0 unspecified atom stereocenters. The fourth-order valence-corrected chi connectivity index (χ4v) is 4.49. The minimum Gasteiger partial charge on any atom is -0.441 e. The summed E-state index contributed by atoms with van der Waals surface area (Å²) in [6.45, 7) is 3.64. The van der Waals surface area contributed by atoms with E-state index in [1.165, 1.54) is 16.5 Å². The van der Waals surface area contributed by atoms with E-state index in [2.05, 4.69) is 40.3 Å². The summed E-state index contributed by atoms with van der Waals surface area (Å²) in [6, 6.07) is 18.3. The van der Waals surface area contributed by atoms with Crippen LogP contribution in [0.3, 0.4) is 0 Å². The number of anilines is 1. The van der Waals surface area contributed by atoms with Gasteiger partial charge in [0, 0.05) is 55.3 Å². The van der Waals surface area contributed by atoms with Crippen molar-refractivity contribution in [1.29, 1.82) is 0 Å². The fraction of sp³-hybridized carbons (Fsp3) is 0.348. The Morgan fingerprint density at radius 1 is 1.00 bits per heavy atom. The van der Waals surface area contributed by atoms with Gasteiger partial charge < -0.3 is 14.6 Å². The monoisotopic (exact) mass is 375 g/mol. The van der Waals surface area contributed by atoms with Crippen molar-refractivity contribution in [2.45, 2.75) is 24.9 Å². The third kappa shape index (κ3) is 3.16. The van der Waals surface area contributed by atoms with Crippen LogP contribution in [-0.2, 0) is 11.2 Å². The second-order valence-electron chi connectivity index (χ2n) is 7.92. The van der Waals surface area contributed by atoms with Gasteiger partial charge in [-0.1, -0.05) is 36.4 Å². The predicted molar refractivity (Wildman–Crippen MR) is 111 cm³/mol. The largest absolute Gasteiger partial charge is 0.441 e. The molecule has 1 N–H and O–H groups in total. The molecule has 0 bridgehead atoms. The number of hydrogen-bond donors (Lipinski definition) is 1. The van der Waals surface area contributed by atoms with E-state index >= 15 is 0 Å². The zero-order valence-corrected chi connectivity index (χ0v) is 15.9. The number of likely N-dealkylation sites (tertiary alicyclic amines) is 1. The van der Waals surface area contributed by atoms with Crippen molar-refractivity contribution in [3.63, 3.8) is 0 Å². The fourth-order valence-electron chi connectivity index (χ4n) is 4.49. The van der Waals surface area contributed by atoms with Crippen molar-refractivity contribution in [2.75, 3.05) is 31.1 Å². The Bertz CT molecular complexity index is 974. The van der Waals surface area contributed by atoms with Crippen LogP contribution in [0, 0.1) is 0 Å². The number of piperidine rings is 1. The zero-order chi connectivity index (χ0) is 19.0. The number of H-pyrrole nitrogens is 1. The van der Waals surface area contributed by atoms with Crippen molar-refractivity contribution in [3.05, 3.63) is 66.4 Å². The molecule has 5 nitrogen and oxygen atoms in total. The average Bonchev–Trinajstić information content (AvgIpc) is 3.29. The summed E-state index contributed by atoms with van der Waals surface area (Å²) in [5.41, 5.74) is 3.17. The molecule has 2 saturated heterocycles. The minimum absolute atomic E-state index is 0.210. The van der Waals surface area contributed by atoms with Gasteiger partial charge in [-0.15, -0.1) is 0 Å². The van der Waals surface area contributed by atoms with Gasteiger partial charge in [-0.3, -0.25) is 4.90 Å². The van der Waals surface area contributed by atoms with Gasteiger partial charge in [0.25, 0.3) is 0 Å². The molecule has 2 aromatic carbocycles. The average molecular weight is 375 g/mol. The maximum Gasteiger partial charge on any atom is 0.415 e. The van der Waals surface area contributed by atoms with Gasteiger partial charge in [0.2, 0.25) is 0 Å². The van der Waals surface area contributed by atoms with Crippen LogP contribution in [0.2, 0.25) is 0 Å². The molecule has 0 atom stereocenters. The summed E-state index contributed by atoms with van der Waals surface area (Å²) in [5.74, 6) is 0. The van der Waals surface area contributed by atoms with Gasteiger partial charge in [0.1, 0.15) is 5.60 Å². The number of para-hydroxylation sites is 2. The first kappa shape index (κ1) is 17.3. The quantitative estimate of drug-likeness (QED) is 0.743. The number of hydrogen-bond acceptors (Lipinski definition) is 3. The summed E-state index contributed by atoms with van der Waals surface area (Å²) in [7, 11) is 0. The summed E-state index contributed by atoms with van der Waals surface area (Å²) in [5, 5.41) is 1.32. The number of aromatic nitrogens is 1. The van der Waals surface area contributed by atoms with Gasteiger partial charge in [0.15, 0.2) is 0 Å². The highest BCUT2D eigenvalue weighted by molar-refractivity contribution is 5.90. The second kappa shape index (κ2) is 6.99. The highest BCUT2D eigenvalue weighted by Crippen LogP contribution is 2.35. The van der Waals surface area contributed by atoms with Crippen LogP contribution in [0.1, 0.15) is 18.4 Å². The van der Waals surface area contributed by atoms with Crippen LogP contribution in [0.5, 0.6) is 0 Å². The first-order chi connectivity index (χ1) is 13.7. The molecule has 28 heavy (non-hydrogen) atoms. The SMILES string of the molecule is O=C1OC2(CCN(CCc3c[nH]c4ccccc34)CC2)CN1c1ccccc1. The smallest absolute Gasteiger partial charge is 0.415 e. The Morgan fingerprint density at radius 3 is 2.57 bits per heavy atom. The van der Waals surface area contributed by atoms with Crippen molar-refractivity contribution < 1.29 is 9.53 Å². The molecule has 0 aliphatic carbocycles. The number of benzene rings is 2. The van der Waals surface area contributed by atoms with Crippen LogP contribution in [0.4, 0.5) is 10.5 Å². The third-order valence-corrected chi connectivity index (χ3v) is 6.18. The number of amides is 1. The molecule has 3 aromatic rings. The molecule has 2 aliphatic rings. The highest BCUT2D eigenvalue weighted by Gasteiger charge is 2.47. The first-order valence-electron chi connectivity index (χ1n) is 10.1. The minimum atomic E-state index is -0.329. The second-order valence-corrected chi connectivity index (χ2v) is 7.92. The van der Waals surface area contributed by atoms with Gasteiger partial charge in [-0.05, 0) is 30.2 Å². The molecule has 5 rings (SSSR count). The number of aromatic amines is 1. The summed E-state index contributed by atoms with van der Waals surface area (Å²) in [4.78, 5) is 20.1. The van der Waals surface area contributed by atoms with E-state index in [9.17, 15) is 4.79 Å². The van der Waals surface area contributed by atoms with Gasteiger partial charge in [-0.2, -0.15) is 0 Å². The number of carbonyl (C=O) groups is 1. The van der Waals surface area contributed by atoms with Crippen LogP contribution in [-0.4, -0.2) is 47.8 Å². The standard InChI is InChI=1S/C23H25N3O2/c27-22-26(19-6-2-1-3-7-19)17-23(28-22)11-14-25(15-12-23)13-10-18-16-24-21-9-5-4-8-20(18)21/h1-9,16,24H,10-15,17H2. The van der Waals surface area contributed by atoms with Crippen molar-refractivity contribution in [3.8, 4) is 0 Å². The lowest BCUT2D eigenvalue weighted by molar-refractivity contribution is 0.00128. The Balaban J connectivity index is 1.19. The lowest BCUT2D eigenvalue weighted by atomic mass is 9.91. The molecule has 2 aliphatic heterocycles. The summed E-state index contributed by atoms with van der Waals surface area (Å²) < 4.78 is 5.87. The zero-order valence-electron chi connectivity index (χ0n) is 15.9. The topological polar surface area (TPSA) is 48.6 Å². The predicted octanol–water partition coefficient (Wildman–Crippen LogP) is 4.20. The molecule has 0 radical (unpaired) electrons. The maximum absolute atomic E-state index is 12.4. The molecule has 1 aromatic heterocycles. The lowest BCUT2D eigenvalue weighted by Gasteiger charge is -2.37.